The van der Waals surface area contributed by atoms with Gasteiger partial charge in [-0.25, -0.2) is 0 Å². The van der Waals surface area contributed by atoms with Gasteiger partial charge in [0.1, 0.15) is 0 Å². The summed E-state index contributed by atoms with van der Waals surface area (Å²) >= 11 is 0. The van der Waals surface area contributed by atoms with Crippen molar-refractivity contribution in [3.8, 4) is 0 Å². The van der Waals surface area contributed by atoms with Crippen LogP contribution in [0.15, 0.2) is 0 Å². The van der Waals surface area contributed by atoms with Crippen LogP contribution in [0.3, 0.4) is 0 Å². The van der Waals surface area contributed by atoms with Gasteiger partial charge in [-0.05, 0) is 0 Å². The van der Waals surface area contributed by atoms with Gasteiger partial charge in [0.05, 0.1) is 0 Å². The van der Waals surface area contributed by atoms with Gasteiger partial charge in [0.2, 0.25) is 0 Å². The Bertz CT molecular complexity index is 21.5. The van der Waals surface area contributed by atoms with Crippen molar-refractivity contribution >= 4 is 6.29 Å². The predicted octanol–water partition coefficient (Wildman–Crippen LogP) is 0.954. The molecule has 6 heavy (non-hydrogen) atoms. The van der Waals surface area contributed by atoms with Crippen LogP contribution >= 0.6 is 0 Å². The molecule has 2 heteroatoms. The van der Waals surface area contributed by atoms with Crippen molar-refractivity contribution in [2.45, 2.75) is 13.3 Å². The third-order valence-electron chi connectivity index (χ3n) is 0.144. The maximum Gasteiger partial charge on any atom is 2.00 e. The summed E-state index contributed by atoms with van der Waals surface area (Å²) in [5.74, 6) is 0. The summed E-state index contributed by atoms with van der Waals surface area (Å²) in [6.07, 6.45) is 2.19. The van der Waals surface area contributed by atoms with Crippen LogP contribution < -0.4 is 0 Å². The van der Waals surface area contributed by atoms with Gasteiger partial charge in [-0.1, -0.05) is 6.92 Å². The van der Waals surface area contributed by atoms with Gasteiger partial charge in [-0.3, -0.25) is 6.29 Å². The largest absolute Gasteiger partial charge is 2.00 e. The van der Waals surface area contributed by atoms with Gasteiger partial charge in [0.25, 0.3) is 0 Å². The third-order valence-corrected chi connectivity index (χ3v) is 0.144. The van der Waals surface area contributed by atoms with E-state index in [2.05, 4.69) is 0 Å². The maximum atomic E-state index is 9.05. The van der Waals surface area contributed by atoms with Crippen LogP contribution in [0.2, 0.25) is 0 Å². The monoisotopic (exact) mass is 123 g/mol. The van der Waals surface area contributed by atoms with Crippen LogP contribution in [0, 0.1) is 7.43 Å². The summed E-state index contributed by atoms with van der Waals surface area (Å²) in [6, 6.07) is 0. The minimum atomic E-state index is 0. The molecule has 1 radical (unpaired) electrons. The van der Waals surface area contributed by atoms with E-state index in [1.54, 1.807) is 13.2 Å². The minimum Gasteiger partial charge on any atom is -0.542 e. The molecule has 1 nitrogen and oxygen atoms in total. The summed E-state index contributed by atoms with van der Waals surface area (Å²) in [4.78, 5) is 9.05. The van der Waals surface area contributed by atoms with Crippen molar-refractivity contribution in [1.82, 2.24) is 0 Å². The van der Waals surface area contributed by atoms with E-state index in [4.69, 9.17) is 4.79 Å². The van der Waals surface area contributed by atoms with Crippen LogP contribution in [0.4, 0.5) is 0 Å². The maximum absolute atomic E-state index is 9.05. The molecule has 0 unspecified atom stereocenters. The Morgan fingerprint density at radius 2 is 1.83 bits per heavy atom. The Kier molecular flexibility index (Phi) is 50.8. The average molecular weight is 123 g/mol. The summed E-state index contributed by atoms with van der Waals surface area (Å²) in [7, 11) is 0. The van der Waals surface area contributed by atoms with E-state index in [1.807, 2.05) is 0 Å². The van der Waals surface area contributed by atoms with E-state index in [0.29, 0.717) is 6.42 Å². The zero-order chi connectivity index (χ0) is 3.41. The Balaban J connectivity index is -0.0000000450. The molecule has 0 aromatic rings. The first-order valence-corrected chi connectivity index (χ1v) is 1.26. The van der Waals surface area contributed by atoms with E-state index in [-0.39, 0.29) is 26.0 Å². The molecule has 0 saturated carbocycles. The van der Waals surface area contributed by atoms with Crippen molar-refractivity contribution in [3.05, 3.63) is 7.43 Å². The summed E-state index contributed by atoms with van der Waals surface area (Å²) in [5, 5.41) is 0. The molecule has 0 rings (SSSR count). The van der Waals surface area contributed by atoms with E-state index < -0.39 is 0 Å². The van der Waals surface area contributed by atoms with Crippen molar-refractivity contribution in [1.29, 1.82) is 0 Å². The van der Waals surface area contributed by atoms with Gasteiger partial charge in [0, 0.05) is 0 Å². The Morgan fingerprint density at radius 3 is 1.83 bits per heavy atom. The van der Waals surface area contributed by atoms with Crippen LogP contribution in [0.5, 0.6) is 0 Å². The summed E-state index contributed by atoms with van der Waals surface area (Å²) < 4.78 is 0. The van der Waals surface area contributed by atoms with Gasteiger partial charge >= 0.3 is 18.6 Å². The van der Waals surface area contributed by atoms with Gasteiger partial charge in [-0.15, -0.1) is 0 Å². The van der Waals surface area contributed by atoms with E-state index in [1.165, 1.54) is 0 Å². The van der Waals surface area contributed by atoms with Gasteiger partial charge in [0.15, 0.2) is 0 Å². The second kappa shape index (κ2) is 18.7. The van der Waals surface area contributed by atoms with Crippen molar-refractivity contribution in [2.75, 3.05) is 0 Å². The SMILES string of the molecule is CC[C-]=O.[CH3-].[V+2]. The van der Waals surface area contributed by atoms with Crippen LogP contribution in [0.1, 0.15) is 13.3 Å². The van der Waals surface area contributed by atoms with E-state index in [0.717, 1.165) is 0 Å². The number of hydrogen-bond donors (Lipinski definition) is 0. The van der Waals surface area contributed by atoms with E-state index in [9.17, 15) is 0 Å². The molecule has 0 bridgehead atoms. The molecule has 0 aliphatic heterocycles. The number of rotatable bonds is 1. The Hall–Kier alpha value is 0.254. The fourth-order valence-electron chi connectivity index (χ4n) is 0. The Labute approximate surface area is 51.0 Å². The molecule has 0 aliphatic rings. The van der Waals surface area contributed by atoms with Gasteiger partial charge < -0.3 is 12.2 Å². The molecular weight excluding hydrogens is 115 g/mol. The molecule has 0 fully saturated rings. The third kappa shape index (κ3) is 28.6. The predicted molar refractivity (Wildman–Crippen MR) is 22.4 cm³/mol. The van der Waals surface area contributed by atoms with Crippen LogP contribution in [-0.2, 0) is 23.4 Å². The second-order valence-corrected chi connectivity index (χ2v) is 0.498. The molecule has 0 aromatic heterocycles. The molecule has 0 N–H and O–H groups in total. The molecule has 35 valence electrons. The minimum absolute atomic E-state index is 0. The molecule has 0 aliphatic carbocycles. The quantitative estimate of drug-likeness (QED) is 0.474. The topological polar surface area (TPSA) is 17.1 Å². The fourth-order valence-corrected chi connectivity index (χ4v) is 0. The summed E-state index contributed by atoms with van der Waals surface area (Å²) in [5.41, 5.74) is 0. The molecule has 0 heterocycles. The number of carbonyl (C=O) groups excluding carboxylic acids is 1. The zero-order valence-corrected chi connectivity index (χ0v) is 5.46. The zero-order valence-electron chi connectivity index (χ0n) is 4.06. The standard InChI is InChI=1S/C3H5O.CH3.V/c1-2-3-4;;/h2H2,1H3;1H3;/q2*-1;+2. The fraction of sp³-hybridized carbons (Fsp3) is 0.500. The van der Waals surface area contributed by atoms with Crippen LogP contribution in [-0.4, -0.2) is 6.29 Å². The average Bonchev–Trinajstić information content (AvgIpc) is 1.37. The van der Waals surface area contributed by atoms with Crippen molar-refractivity contribution in [3.63, 3.8) is 0 Å². The first-order chi connectivity index (χ1) is 1.91. The van der Waals surface area contributed by atoms with Gasteiger partial charge in [-0.2, -0.15) is 6.42 Å². The summed E-state index contributed by atoms with van der Waals surface area (Å²) in [6.45, 7) is 1.76. The molecule has 0 aromatic carbocycles. The van der Waals surface area contributed by atoms with Crippen molar-refractivity contribution in [2.24, 2.45) is 0 Å². The number of hydrogen-bond acceptors (Lipinski definition) is 1. The molecule has 0 amide bonds. The second-order valence-electron chi connectivity index (χ2n) is 0.498. The first-order valence-electron chi connectivity index (χ1n) is 1.26. The smallest absolute Gasteiger partial charge is 0.542 e. The molecular formula is C4H8OV. The van der Waals surface area contributed by atoms with Crippen molar-refractivity contribution < 1.29 is 23.4 Å². The van der Waals surface area contributed by atoms with Crippen LogP contribution in [0.25, 0.3) is 0 Å². The van der Waals surface area contributed by atoms with E-state index >= 15 is 0 Å². The normalized spacial score (nSPS) is 4.17. The molecule has 0 saturated heterocycles. The Morgan fingerprint density at radius 1 is 1.67 bits per heavy atom. The molecule has 0 spiro atoms. The molecule has 0 atom stereocenters. The first kappa shape index (κ1) is 16.3.